The molecular formula is C40H60O9S. The highest BCUT2D eigenvalue weighted by molar-refractivity contribution is 7.85. The summed E-state index contributed by atoms with van der Waals surface area (Å²) >= 11 is 0. The first-order chi connectivity index (χ1) is 23.7. The molecule has 50 heavy (non-hydrogen) atoms. The van der Waals surface area contributed by atoms with E-state index < -0.39 is 32.4 Å². The third-order valence-electron chi connectivity index (χ3n) is 11.1. The molecule has 0 aromatic heterocycles. The summed E-state index contributed by atoms with van der Waals surface area (Å²) in [5.41, 5.74) is 1.40. The van der Waals surface area contributed by atoms with Crippen LogP contribution in [-0.2, 0) is 26.7 Å². The Labute approximate surface area is 299 Å². The van der Waals surface area contributed by atoms with Crippen LogP contribution >= 0.6 is 0 Å². The van der Waals surface area contributed by atoms with Crippen LogP contribution in [0.5, 0.6) is 11.5 Å². The lowest BCUT2D eigenvalue weighted by atomic mass is 9.50. The van der Waals surface area contributed by atoms with Gasteiger partial charge in [0.15, 0.2) is 0 Å². The number of unbranched alkanes of at least 4 members (excludes halogenated alkanes) is 13. The molecule has 0 amide bonds. The third kappa shape index (κ3) is 11.5. The Morgan fingerprint density at radius 3 is 1.94 bits per heavy atom. The second-order valence-electron chi connectivity index (χ2n) is 14.8. The molecule has 0 unspecified atom stereocenters. The van der Waals surface area contributed by atoms with Crippen LogP contribution < -0.4 is 4.74 Å². The molecule has 4 N–H and O–H groups in total. The van der Waals surface area contributed by atoms with Crippen LogP contribution in [0.4, 0.5) is 0 Å². The lowest BCUT2D eigenvalue weighted by Gasteiger charge is -2.53. The van der Waals surface area contributed by atoms with Gasteiger partial charge in [-0.2, -0.15) is 8.42 Å². The zero-order valence-corrected chi connectivity index (χ0v) is 31.2. The number of rotatable bonds is 19. The van der Waals surface area contributed by atoms with Crippen molar-refractivity contribution in [3.8, 4) is 11.5 Å². The molecule has 0 radical (unpaired) electrons. The highest BCUT2D eigenvalue weighted by Gasteiger charge is 2.55. The van der Waals surface area contributed by atoms with Crippen LogP contribution in [0.15, 0.2) is 41.3 Å². The maximum absolute atomic E-state index is 11.8. The lowest BCUT2D eigenvalue weighted by molar-refractivity contribution is -0.157. The summed E-state index contributed by atoms with van der Waals surface area (Å²) < 4.78 is 36.9. The molecule has 0 spiro atoms. The van der Waals surface area contributed by atoms with Crippen LogP contribution in [-0.4, -0.2) is 46.8 Å². The van der Waals surface area contributed by atoms with E-state index in [0.717, 1.165) is 63.5 Å². The highest BCUT2D eigenvalue weighted by Crippen LogP contribution is 2.57. The quantitative estimate of drug-likeness (QED) is 0.0820. The Bertz CT molecular complexity index is 1500. The van der Waals surface area contributed by atoms with Crippen LogP contribution in [0.3, 0.4) is 0 Å². The van der Waals surface area contributed by atoms with Gasteiger partial charge in [0.05, 0.1) is 16.9 Å². The summed E-state index contributed by atoms with van der Waals surface area (Å²) in [7, 11) is -4.45. The monoisotopic (exact) mass is 716 g/mol. The molecule has 0 aliphatic heterocycles. The molecule has 1 fully saturated rings. The molecule has 2 aliphatic rings. The first-order valence-electron chi connectivity index (χ1n) is 18.8. The van der Waals surface area contributed by atoms with E-state index in [1.165, 1.54) is 87.8 Å². The van der Waals surface area contributed by atoms with Gasteiger partial charge in [-0.25, -0.2) is 4.79 Å². The minimum atomic E-state index is -4.45. The second-order valence-corrected chi connectivity index (χ2v) is 16.2. The number of carboxylic acid groups (broad SMARTS) is 2. The van der Waals surface area contributed by atoms with E-state index in [4.69, 9.17) is 9.29 Å². The van der Waals surface area contributed by atoms with Crippen molar-refractivity contribution in [3.05, 3.63) is 53.1 Å². The number of aryl methyl sites for hydroxylation is 1. The van der Waals surface area contributed by atoms with E-state index in [-0.39, 0.29) is 28.4 Å². The minimum absolute atomic E-state index is 0.115. The van der Waals surface area contributed by atoms with Gasteiger partial charge in [-0.1, -0.05) is 110 Å². The number of phenolic OH excluding ortho intramolecular Hbond substituents is 1. The third-order valence-corrected chi connectivity index (χ3v) is 11.9. The number of hydrogen-bond donors (Lipinski definition) is 4. The molecule has 2 aromatic carbocycles. The van der Waals surface area contributed by atoms with E-state index in [0.29, 0.717) is 6.61 Å². The molecule has 10 heteroatoms. The Morgan fingerprint density at radius 1 is 0.820 bits per heavy atom. The minimum Gasteiger partial charge on any atom is -0.508 e. The standard InChI is InChI=1S/C23H38O6S.C17H22O3/c1-2-3-4-5-6-7-8-9-10-11-12-13-14-15-18-29-22-17-16-20(30(26,27)28)19-21(22)23(24)25;1-16-8-3-9-17(2,15(19)20)14(16)7-5-11-4-6-12(18)10-13(11)16/h16-17,19H,2-15,18H2,1H3,(H,24,25)(H,26,27,28);4,6,10,14,18H,3,5,7-9H2,1-2H3,(H,19,20)/t;14-,16-,17+/m.1/s1. The van der Waals surface area contributed by atoms with Gasteiger partial charge in [0, 0.05) is 0 Å². The van der Waals surface area contributed by atoms with Gasteiger partial charge >= 0.3 is 11.9 Å². The fourth-order valence-electron chi connectivity index (χ4n) is 8.15. The molecule has 2 aliphatic carbocycles. The fraction of sp³-hybridized carbons (Fsp3) is 0.650. The van der Waals surface area contributed by atoms with Crippen molar-refractivity contribution in [3.63, 3.8) is 0 Å². The number of hydrogen-bond acceptors (Lipinski definition) is 6. The molecule has 0 saturated heterocycles. The number of benzene rings is 2. The first-order valence-corrected chi connectivity index (χ1v) is 20.2. The average molecular weight is 717 g/mol. The van der Waals surface area contributed by atoms with Crippen molar-refractivity contribution in [2.45, 2.75) is 153 Å². The van der Waals surface area contributed by atoms with Crippen LogP contribution in [0.1, 0.15) is 158 Å². The second kappa shape index (κ2) is 19.5. The van der Waals surface area contributed by atoms with Gasteiger partial charge in [0.25, 0.3) is 10.1 Å². The number of aromatic carboxylic acids is 1. The summed E-state index contributed by atoms with van der Waals surface area (Å²) in [5, 5.41) is 28.7. The smallest absolute Gasteiger partial charge is 0.339 e. The van der Waals surface area contributed by atoms with E-state index in [9.17, 15) is 33.3 Å². The van der Waals surface area contributed by atoms with Gasteiger partial charge in [0.1, 0.15) is 17.1 Å². The molecular weight excluding hydrogens is 656 g/mol. The molecule has 3 atom stereocenters. The zero-order chi connectivity index (χ0) is 36.8. The molecule has 0 bridgehead atoms. The normalized spacial score (nSPS) is 21.3. The molecule has 9 nitrogen and oxygen atoms in total. The summed E-state index contributed by atoms with van der Waals surface area (Å²) in [6.07, 6.45) is 22.1. The number of phenols is 1. The molecule has 280 valence electrons. The van der Waals surface area contributed by atoms with Crippen LogP contribution in [0.25, 0.3) is 0 Å². The number of ether oxygens (including phenoxy) is 1. The van der Waals surface area contributed by atoms with Crippen molar-refractivity contribution in [1.82, 2.24) is 0 Å². The van der Waals surface area contributed by atoms with Crippen LogP contribution in [0.2, 0.25) is 0 Å². The van der Waals surface area contributed by atoms with E-state index in [2.05, 4.69) is 13.8 Å². The van der Waals surface area contributed by atoms with Crippen molar-refractivity contribution in [2.75, 3.05) is 6.61 Å². The fourth-order valence-corrected chi connectivity index (χ4v) is 8.65. The van der Waals surface area contributed by atoms with Crippen molar-refractivity contribution in [1.29, 1.82) is 0 Å². The SMILES string of the molecule is CCCCCCCCCCCCCCCCOc1ccc(S(=O)(=O)O)cc1C(=O)O.C[C@]1(C(=O)O)CCC[C@]2(C)c3cc(O)ccc3CC[C@@H]12. The number of carbonyl (C=O) groups is 2. The lowest BCUT2D eigenvalue weighted by Crippen LogP contribution is -2.52. The molecule has 1 saturated carbocycles. The van der Waals surface area contributed by atoms with Gasteiger partial charge in [-0.3, -0.25) is 9.35 Å². The maximum Gasteiger partial charge on any atom is 0.339 e. The highest BCUT2D eigenvalue weighted by atomic mass is 32.2. The Morgan fingerprint density at radius 2 is 1.40 bits per heavy atom. The maximum atomic E-state index is 11.8. The Balaban J connectivity index is 0.000000290. The summed E-state index contributed by atoms with van der Waals surface area (Å²) in [6.45, 7) is 6.72. The molecule has 0 heterocycles. The predicted octanol–water partition coefficient (Wildman–Crippen LogP) is 9.98. The zero-order valence-electron chi connectivity index (χ0n) is 30.4. The molecule has 4 rings (SSSR count). The number of aromatic hydroxyl groups is 1. The number of aliphatic carboxylic acids is 1. The summed E-state index contributed by atoms with van der Waals surface area (Å²) in [4.78, 5) is 22.7. The average Bonchev–Trinajstić information content (AvgIpc) is 3.06. The van der Waals surface area contributed by atoms with Gasteiger partial charge < -0.3 is 20.1 Å². The van der Waals surface area contributed by atoms with E-state index in [1.54, 1.807) is 6.07 Å². The number of fused-ring (bicyclic) bond motifs is 3. The Hall–Kier alpha value is -3.11. The van der Waals surface area contributed by atoms with Gasteiger partial charge in [0.2, 0.25) is 0 Å². The largest absolute Gasteiger partial charge is 0.508 e. The van der Waals surface area contributed by atoms with Crippen molar-refractivity contribution in [2.24, 2.45) is 11.3 Å². The Kier molecular flexibility index (Phi) is 16.1. The predicted molar refractivity (Wildman–Crippen MR) is 196 cm³/mol. The summed E-state index contributed by atoms with van der Waals surface area (Å²) in [5.74, 6) is -1.41. The topological polar surface area (TPSA) is 158 Å². The van der Waals surface area contributed by atoms with Crippen molar-refractivity contribution < 1.29 is 42.6 Å². The molecule has 2 aromatic rings. The first kappa shape index (κ1) is 41.3. The van der Waals surface area contributed by atoms with Gasteiger partial charge in [-0.15, -0.1) is 0 Å². The van der Waals surface area contributed by atoms with E-state index >= 15 is 0 Å². The van der Waals surface area contributed by atoms with Crippen LogP contribution in [0, 0.1) is 11.3 Å². The van der Waals surface area contributed by atoms with Crippen molar-refractivity contribution >= 4 is 22.1 Å². The summed E-state index contributed by atoms with van der Waals surface area (Å²) in [6, 6.07) is 8.92. The van der Waals surface area contributed by atoms with Gasteiger partial charge in [-0.05, 0) is 91.8 Å². The van der Waals surface area contributed by atoms with E-state index in [1.807, 2.05) is 19.1 Å². The number of carboxylic acids is 2.